The molecule has 0 aliphatic carbocycles. The molecule has 1 fully saturated rings. The van der Waals surface area contributed by atoms with Gasteiger partial charge in [0.2, 0.25) is 11.8 Å². The predicted octanol–water partition coefficient (Wildman–Crippen LogP) is 1.34. The van der Waals surface area contributed by atoms with Crippen LogP contribution in [-0.2, 0) is 16.0 Å². The van der Waals surface area contributed by atoms with Gasteiger partial charge in [-0.3, -0.25) is 19.7 Å². The van der Waals surface area contributed by atoms with Crippen LogP contribution in [0.15, 0.2) is 24.3 Å². The minimum atomic E-state index is -0.311. The monoisotopic (exact) mass is 345 g/mol. The maximum absolute atomic E-state index is 12.5. The van der Waals surface area contributed by atoms with Crippen molar-refractivity contribution in [3.63, 3.8) is 0 Å². The fourth-order valence-electron chi connectivity index (χ4n) is 2.84. The largest absolute Gasteiger partial charge is 0.342 e. The van der Waals surface area contributed by atoms with E-state index in [-0.39, 0.29) is 36.1 Å². The van der Waals surface area contributed by atoms with Gasteiger partial charge in [-0.2, -0.15) is 0 Å². The molecule has 0 aromatic heterocycles. The lowest BCUT2D eigenvalue weighted by Crippen LogP contribution is -2.34. The van der Waals surface area contributed by atoms with Crippen LogP contribution >= 0.6 is 0 Å². The molecule has 0 saturated carbocycles. The second-order valence-electron chi connectivity index (χ2n) is 7.14. The van der Waals surface area contributed by atoms with Crippen molar-refractivity contribution in [2.75, 3.05) is 13.6 Å². The topological polar surface area (TPSA) is 92.5 Å². The Morgan fingerprint density at radius 2 is 1.92 bits per heavy atom. The SMILES string of the molecule is CC(C)C(N)CCN(C)C(=O)c1ccc(CC2CC(=O)NC2=O)cc1. The Balaban J connectivity index is 1.91. The highest BCUT2D eigenvalue weighted by atomic mass is 16.2. The first kappa shape index (κ1) is 19.1. The lowest BCUT2D eigenvalue weighted by atomic mass is 9.97. The molecule has 1 heterocycles. The number of carbonyl (C=O) groups excluding carboxylic acids is 3. The molecule has 6 nitrogen and oxygen atoms in total. The number of amides is 3. The van der Waals surface area contributed by atoms with Gasteiger partial charge in [0.05, 0.1) is 5.92 Å². The van der Waals surface area contributed by atoms with E-state index in [9.17, 15) is 14.4 Å². The third-order valence-corrected chi connectivity index (χ3v) is 4.75. The predicted molar refractivity (Wildman–Crippen MR) is 95.8 cm³/mol. The Hall–Kier alpha value is -2.21. The Kier molecular flexibility index (Phi) is 6.31. The van der Waals surface area contributed by atoms with Crippen LogP contribution in [0.5, 0.6) is 0 Å². The molecule has 0 spiro atoms. The zero-order valence-corrected chi connectivity index (χ0v) is 15.1. The molecule has 25 heavy (non-hydrogen) atoms. The van der Waals surface area contributed by atoms with Crippen LogP contribution in [0.4, 0.5) is 0 Å². The molecule has 6 heteroatoms. The van der Waals surface area contributed by atoms with Crippen molar-refractivity contribution >= 4 is 17.7 Å². The molecule has 136 valence electrons. The first-order chi connectivity index (χ1) is 11.8. The maximum Gasteiger partial charge on any atom is 0.253 e. The third kappa shape index (κ3) is 5.13. The zero-order chi connectivity index (χ0) is 18.6. The van der Waals surface area contributed by atoms with Gasteiger partial charge in [-0.1, -0.05) is 26.0 Å². The summed E-state index contributed by atoms with van der Waals surface area (Å²) in [5, 5.41) is 2.31. The molecule has 0 bridgehead atoms. The second-order valence-corrected chi connectivity index (χ2v) is 7.14. The normalized spacial score (nSPS) is 18.4. The summed E-state index contributed by atoms with van der Waals surface area (Å²) in [5.41, 5.74) is 7.58. The van der Waals surface area contributed by atoms with Gasteiger partial charge < -0.3 is 10.6 Å². The summed E-state index contributed by atoms with van der Waals surface area (Å²) in [6.07, 6.45) is 1.51. The number of nitrogens with one attached hydrogen (secondary N) is 1. The number of carbonyl (C=O) groups is 3. The van der Waals surface area contributed by atoms with Crippen LogP contribution in [0.25, 0.3) is 0 Å². The van der Waals surface area contributed by atoms with Crippen LogP contribution < -0.4 is 11.1 Å². The van der Waals surface area contributed by atoms with E-state index in [1.165, 1.54) is 0 Å². The number of nitrogens with two attached hydrogens (primary N) is 1. The van der Waals surface area contributed by atoms with Gasteiger partial charge >= 0.3 is 0 Å². The summed E-state index contributed by atoms with van der Waals surface area (Å²) in [7, 11) is 1.78. The molecule has 1 aromatic carbocycles. The quantitative estimate of drug-likeness (QED) is 0.729. The molecule has 1 aliphatic heterocycles. The molecule has 1 aromatic rings. The summed E-state index contributed by atoms with van der Waals surface area (Å²) in [4.78, 5) is 37.0. The lowest BCUT2D eigenvalue weighted by molar-refractivity contribution is -0.125. The van der Waals surface area contributed by atoms with Crippen molar-refractivity contribution in [1.29, 1.82) is 0 Å². The van der Waals surface area contributed by atoms with E-state index in [4.69, 9.17) is 5.73 Å². The molecule has 1 aliphatic rings. The maximum atomic E-state index is 12.5. The van der Waals surface area contributed by atoms with Gasteiger partial charge in [0, 0.05) is 31.6 Å². The van der Waals surface area contributed by atoms with E-state index in [0.29, 0.717) is 24.4 Å². The number of rotatable bonds is 7. The van der Waals surface area contributed by atoms with E-state index in [1.54, 1.807) is 24.1 Å². The zero-order valence-electron chi connectivity index (χ0n) is 15.1. The summed E-state index contributed by atoms with van der Waals surface area (Å²) in [5.74, 6) is -0.401. The fourth-order valence-corrected chi connectivity index (χ4v) is 2.84. The van der Waals surface area contributed by atoms with Gasteiger partial charge in [0.15, 0.2) is 0 Å². The molecule has 1 saturated heterocycles. The minimum absolute atomic E-state index is 0.0451. The number of imide groups is 1. The van der Waals surface area contributed by atoms with Crippen LogP contribution in [-0.4, -0.2) is 42.3 Å². The number of nitrogens with zero attached hydrogens (tertiary/aromatic N) is 1. The van der Waals surface area contributed by atoms with E-state index in [0.717, 1.165) is 12.0 Å². The summed E-state index contributed by atoms with van der Waals surface area (Å²) >= 11 is 0. The van der Waals surface area contributed by atoms with Crippen molar-refractivity contribution in [3.05, 3.63) is 35.4 Å². The Labute approximate surface area is 148 Å². The van der Waals surface area contributed by atoms with Gasteiger partial charge in [0.25, 0.3) is 5.91 Å². The van der Waals surface area contributed by atoms with Crippen molar-refractivity contribution in [2.45, 2.75) is 39.2 Å². The first-order valence-electron chi connectivity index (χ1n) is 8.71. The molecule has 2 unspecified atom stereocenters. The Bertz CT molecular complexity index is 640. The molecule has 0 radical (unpaired) electrons. The summed E-state index contributed by atoms with van der Waals surface area (Å²) in [6.45, 7) is 4.76. The van der Waals surface area contributed by atoms with Crippen molar-refractivity contribution in [3.8, 4) is 0 Å². The molecule has 3 N–H and O–H groups in total. The standard InChI is InChI=1S/C19H27N3O3/c1-12(2)16(20)8-9-22(3)19(25)14-6-4-13(5-7-14)10-15-11-17(23)21-18(15)24/h4-7,12,15-16H,8-11,20H2,1-3H3,(H,21,23,24). The average Bonchev–Trinajstić information content (AvgIpc) is 2.89. The Morgan fingerprint density at radius 1 is 1.28 bits per heavy atom. The average molecular weight is 345 g/mol. The summed E-state index contributed by atoms with van der Waals surface area (Å²) < 4.78 is 0. The highest BCUT2D eigenvalue weighted by molar-refractivity contribution is 6.03. The first-order valence-corrected chi connectivity index (χ1v) is 8.71. The van der Waals surface area contributed by atoms with Crippen molar-refractivity contribution in [2.24, 2.45) is 17.6 Å². The minimum Gasteiger partial charge on any atom is -0.342 e. The van der Waals surface area contributed by atoms with E-state index in [2.05, 4.69) is 19.2 Å². The lowest BCUT2D eigenvalue weighted by Gasteiger charge is -2.21. The van der Waals surface area contributed by atoms with Crippen LogP contribution in [0.3, 0.4) is 0 Å². The Morgan fingerprint density at radius 3 is 2.44 bits per heavy atom. The van der Waals surface area contributed by atoms with Crippen LogP contribution in [0.2, 0.25) is 0 Å². The van der Waals surface area contributed by atoms with Gasteiger partial charge in [-0.05, 0) is 36.5 Å². The smallest absolute Gasteiger partial charge is 0.253 e. The van der Waals surface area contributed by atoms with E-state index >= 15 is 0 Å². The number of hydrogen-bond donors (Lipinski definition) is 2. The van der Waals surface area contributed by atoms with Crippen LogP contribution in [0.1, 0.15) is 42.6 Å². The van der Waals surface area contributed by atoms with Crippen molar-refractivity contribution in [1.82, 2.24) is 10.2 Å². The number of hydrogen-bond acceptors (Lipinski definition) is 4. The summed E-state index contributed by atoms with van der Waals surface area (Å²) in [6, 6.07) is 7.31. The van der Waals surface area contributed by atoms with Crippen LogP contribution in [0, 0.1) is 11.8 Å². The molecular formula is C19H27N3O3. The third-order valence-electron chi connectivity index (χ3n) is 4.75. The highest BCUT2D eigenvalue weighted by Gasteiger charge is 2.30. The van der Waals surface area contributed by atoms with Gasteiger partial charge in [-0.15, -0.1) is 0 Å². The molecule has 2 atom stereocenters. The molecule has 3 amide bonds. The van der Waals surface area contributed by atoms with E-state index in [1.807, 2.05) is 12.1 Å². The van der Waals surface area contributed by atoms with Gasteiger partial charge in [0.1, 0.15) is 0 Å². The van der Waals surface area contributed by atoms with E-state index < -0.39 is 0 Å². The molecule has 2 rings (SSSR count). The van der Waals surface area contributed by atoms with Crippen molar-refractivity contribution < 1.29 is 14.4 Å². The number of benzene rings is 1. The second kappa shape index (κ2) is 8.25. The fraction of sp³-hybridized carbons (Fsp3) is 0.526. The molecular weight excluding hydrogens is 318 g/mol. The highest BCUT2D eigenvalue weighted by Crippen LogP contribution is 2.18. The van der Waals surface area contributed by atoms with Gasteiger partial charge in [-0.25, -0.2) is 0 Å².